The number of carbonyl (C=O) groups excluding carboxylic acids is 1. The van der Waals surface area contributed by atoms with E-state index in [0.29, 0.717) is 17.8 Å². The van der Waals surface area contributed by atoms with Crippen LogP contribution in [0.3, 0.4) is 0 Å². The van der Waals surface area contributed by atoms with Gasteiger partial charge in [0.2, 0.25) is 0 Å². The Morgan fingerprint density at radius 2 is 1.95 bits per heavy atom. The Labute approximate surface area is 121 Å². The van der Waals surface area contributed by atoms with Crippen molar-refractivity contribution in [1.82, 2.24) is 5.32 Å². The van der Waals surface area contributed by atoms with Crippen molar-refractivity contribution in [3.63, 3.8) is 0 Å². The number of nitrogens with one attached hydrogen (secondary N) is 2. The summed E-state index contributed by atoms with van der Waals surface area (Å²) in [5, 5.41) is 5.97. The third-order valence-electron chi connectivity index (χ3n) is 3.14. The van der Waals surface area contributed by atoms with Gasteiger partial charge in [0, 0.05) is 12.1 Å². The van der Waals surface area contributed by atoms with E-state index in [1.54, 1.807) is 12.1 Å². The average molecular weight is 280 g/mol. The fourth-order valence-electron chi connectivity index (χ4n) is 2.21. The van der Waals surface area contributed by atoms with Crippen molar-refractivity contribution in [3.05, 3.63) is 29.6 Å². The van der Waals surface area contributed by atoms with Crippen molar-refractivity contribution in [2.24, 2.45) is 0 Å². The molecule has 0 bridgehead atoms. The van der Waals surface area contributed by atoms with Crippen LogP contribution in [0.1, 0.15) is 57.3 Å². The largest absolute Gasteiger partial charge is 0.382 e. The number of halogens is 1. The van der Waals surface area contributed by atoms with Gasteiger partial charge in [0.05, 0.1) is 11.3 Å². The molecule has 0 aliphatic rings. The number of hydrogen-bond donors (Lipinski definition) is 2. The molecule has 2 N–H and O–H groups in total. The molecule has 0 aliphatic carbocycles. The normalized spacial score (nSPS) is 11.2. The van der Waals surface area contributed by atoms with E-state index in [9.17, 15) is 9.18 Å². The third kappa shape index (κ3) is 4.51. The number of amides is 1. The van der Waals surface area contributed by atoms with Gasteiger partial charge in [-0.05, 0) is 38.8 Å². The lowest BCUT2D eigenvalue weighted by molar-refractivity contribution is 0.0909. The lowest BCUT2D eigenvalue weighted by atomic mass is 9.98. The first-order valence-electron chi connectivity index (χ1n) is 7.26. The zero-order valence-electron chi connectivity index (χ0n) is 12.8. The van der Waals surface area contributed by atoms with Crippen LogP contribution in [0, 0.1) is 5.82 Å². The molecule has 3 nitrogen and oxygen atoms in total. The van der Waals surface area contributed by atoms with Crippen molar-refractivity contribution < 1.29 is 9.18 Å². The minimum Gasteiger partial charge on any atom is -0.382 e. The lowest BCUT2D eigenvalue weighted by Gasteiger charge is -2.26. The standard InChI is InChI=1S/C16H25FN2O/c1-5-10-16(3,4)19-15(20)12-8-7-9-13(17)14(12)18-11-6-2/h7-9,18H,5-6,10-11H2,1-4H3,(H,19,20). The van der Waals surface area contributed by atoms with E-state index in [0.717, 1.165) is 19.3 Å². The molecular formula is C16H25FN2O. The first kappa shape index (κ1) is 16.5. The maximum Gasteiger partial charge on any atom is 0.253 e. The highest BCUT2D eigenvalue weighted by atomic mass is 19.1. The fraction of sp³-hybridized carbons (Fsp3) is 0.562. The number of anilines is 1. The number of benzene rings is 1. The smallest absolute Gasteiger partial charge is 0.253 e. The first-order chi connectivity index (χ1) is 9.41. The summed E-state index contributed by atoms with van der Waals surface area (Å²) < 4.78 is 13.9. The highest BCUT2D eigenvalue weighted by Gasteiger charge is 2.22. The highest BCUT2D eigenvalue weighted by molar-refractivity contribution is 6.00. The van der Waals surface area contributed by atoms with Crippen LogP contribution in [-0.4, -0.2) is 18.0 Å². The molecule has 112 valence electrons. The molecule has 0 radical (unpaired) electrons. The van der Waals surface area contributed by atoms with Gasteiger partial charge >= 0.3 is 0 Å². The van der Waals surface area contributed by atoms with Crippen molar-refractivity contribution >= 4 is 11.6 Å². The number of rotatable bonds is 7. The Morgan fingerprint density at radius 1 is 1.25 bits per heavy atom. The predicted octanol–water partition coefficient (Wildman–Crippen LogP) is 3.96. The van der Waals surface area contributed by atoms with E-state index in [4.69, 9.17) is 0 Å². The summed E-state index contributed by atoms with van der Waals surface area (Å²) in [7, 11) is 0. The molecule has 1 rings (SSSR count). The molecule has 0 spiro atoms. The van der Waals surface area contributed by atoms with Gasteiger partial charge < -0.3 is 10.6 Å². The topological polar surface area (TPSA) is 41.1 Å². The van der Waals surface area contributed by atoms with E-state index in [2.05, 4.69) is 17.6 Å². The van der Waals surface area contributed by atoms with Crippen molar-refractivity contribution in [3.8, 4) is 0 Å². The van der Waals surface area contributed by atoms with Gasteiger partial charge in [-0.3, -0.25) is 4.79 Å². The summed E-state index contributed by atoms with van der Waals surface area (Å²) in [6.45, 7) is 8.67. The van der Waals surface area contributed by atoms with Crippen molar-refractivity contribution in [2.45, 2.75) is 52.5 Å². The summed E-state index contributed by atoms with van der Waals surface area (Å²) in [4.78, 5) is 12.4. The molecule has 1 amide bonds. The monoisotopic (exact) mass is 280 g/mol. The Hall–Kier alpha value is -1.58. The molecule has 4 heteroatoms. The van der Waals surface area contributed by atoms with E-state index >= 15 is 0 Å². The molecule has 0 fully saturated rings. The molecule has 0 saturated heterocycles. The second kappa shape index (κ2) is 7.27. The Morgan fingerprint density at radius 3 is 2.55 bits per heavy atom. The molecular weight excluding hydrogens is 255 g/mol. The molecule has 0 aliphatic heterocycles. The van der Waals surface area contributed by atoms with Crippen molar-refractivity contribution in [1.29, 1.82) is 0 Å². The zero-order chi connectivity index (χ0) is 15.2. The minimum absolute atomic E-state index is 0.235. The molecule has 0 saturated carbocycles. The van der Waals surface area contributed by atoms with Gasteiger partial charge in [0.25, 0.3) is 5.91 Å². The van der Waals surface area contributed by atoms with Crippen molar-refractivity contribution in [2.75, 3.05) is 11.9 Å². The first-order valence-corrected chi connectivity index (χ1v) is 7.26. The summed E-state index contributed by atoms with van der Waals surface area (Å²) in [5.41, 5.74) is 0.363. The van der Waals surface area contributed by atoms with Crippen LogP contribution in [0.4, 0.5) is 10.1 Å². The minimum atomic E-state index is -0.389. The van der Waals surface area contributed by atoms with Crippen LogP contribution in [0.25, 0.3) is 0 Å². The van der Waals surface area contributed by atoms with Crippen LogP contribution in [0.5, 0.6) is 0 Å². The summed E-state index contributed by atoms with van der Waals surface area (Å²) >= 11 is 0. The van der Waals surface area contributed by atoms with Gasteiger partial charge in [-0.25, -0.2) is 4.39 Å². The Bertz CT molecular complexity index is 458. The zero-order valence-corrected chi connectivity index (χ0v) is 12.8. The Kier molecular flexibility index (Phi) is 5.99. The quantitative estimate of drug-likeness (QED) is 0.794. The van der Waals surface area contributed by atoms with Crippen LogP contribution in [0.2, 0.25) is 0 Å². The van der Waals surface area contributed by atoms with E-state index < -0.39 is 0 Å². The molecule has 0 heterocycles. The molecule has 0 unspecified atom stereocenters. The number of para-hydroxylation sites is 1. The molecule has 1 aromatic carbocycles. The summed E-state index contributed by atoms with van der Waals surface area (Å²) in [6, 6.07) is 4.58. The van der Waals surface area contributed by atoms with E-state index in [-0.39, 0.29) is 17.3 Å². The Balaban J connectivity index is 2.95. The van der Waals surface area contributed by atoms with Gasteiger partial charge in [-0.1, -0.05) is 26.3 Å². The number of carbonyl (C=O) groups is 1. The number of hydrogen-bond acceptors (Lipinski definition) is 2. The van der Waals surface area contributed by atoms with Gasteiger partial charge in [0.1, 0.15) is 5.82 Å². The maximum atomic E-state index is 13.9. The van der Waals surface area contributed by atoms with Crippen LogP contribution in [0.15, 0.2) is 18.2 Å². The maximum absolute atomic E-state index is 13.9. The predicted molar refractivity (Wildman–Crippen MR) is 81.6 cm³/mol. The SMILES string of the molecule is CCCNc1c(F)cccc1C(=O)NC(C)(C)CCC. The summed E-state index contributed by atoms with van der Waals surface area (Å²) in [6.07, 6.45) is 2.74. The average Bonchev–Trinajstić information content (AvgIpc) is 2.36. The molecule has 1 aromatic rings. The molecule has 0 aromatic heterocycles. The third-order valence-corrected chi connectivity index (χ3v) is 3.14. The summed E-state index contributed by atoms with van der Waals surface area (Å²) in [5.74, 6) is -0.624. The van der Waals surface area contributed by atoms with Gasteiger partial charge in [0.15, 0.2) is 0 Å². The van der Waals surface area contributed by atoms with Crippen LogP contribution < -0.4 is 10.6 Å². The fourth-order valence-corrected chi connectivity index (χ4v) is 2.21. The molecule has 20 heavy (non-hydrogen) atoms. The van der Waals surface area contributed by atoms with Gasteiger partial charge in [-0.15, -0.1) is 0 Å². The highest BCUT2D eigenvalue weighted by Crippen LogP contribution is 2.21. The second-order valence-corrected chi connectivity index (χ2v) is 5.68. The van der Waals surface area contributed by atoms with Crippen LogP contribution in [-0.2, 0) is 0 Å². The second-order valence-electron chi connectivity index (χ2n) is 5.68. The lowest BCUT2D eigenvalue weighted by Crippen LogP contribution is -2.43. The van der Waals surface area contributed by atoms with Crippen LogP contribution >= 0.6 is 0 Å². The molecule has 0 atom stereocenters. The van der Waals surface area contributed by atoms with E-state index in [1.807, 2.05) is 20.8 Å². The van der Waals surface area contributed by atoms with E-state index in [1.165, 1.54) is 6.07 Å². The van der Waals surface area contributed by atoms with Gasteiger partial charge in [-0.2, -0.15) is 0 Å².